The van der Waals surface area contributed by atoms with Crippen LogP contribution in [0, 0.1) is 6.92 Å². The van der Waals surface area contributed by atoms with Crippen LogP contribution in [0.4, 0.5) is 5.82 Å². The molecular formula is C19H17N5O3. The number of methoxy groups -OCH3 is 1. The third kappa shape index (κ3) is 2.95. The molecule has 1 aliphatic heterocycles. The Bertz CT molecular complexity index is 1030. The summed E-state index contributed by atoms with van der Waals surface area (Å²) in [5.41, 5.74) is 1.83. The van der Waals surface area contributed by atoms with E-state index in [0.29, 0.717) is 34.3 Å². The minimum atomic E-state index is -0.627. The van der Waals surface area contributed by atoms with Crippen LogP contribution in [-0.2, 0) is 4.79 Å². The fraction of sp³-hybridized carbons (Fsp3) is 0.211. The summed E-state index contributed by atoms with van der Waals surface area (Å²) in [5, 5.41) is 7.27. The van der Waals surface area contributed by atoms with Crippen molar-refractivity contribution in [3.05, 3.63) is 59.5 Å². The first-order chi connectivity index (χ1) is 13.1. The van der Waals surface area contributed by atoms with Crippen LogP contribution in [-0.4, -0.2) is 38.5 Å². The molecule has 136 valence electrons. The van der Waals surface area contributed by atoms with Crippen molar-refractivity contribution >= 4 is 17.5 Å². The first-order valence-corrected chi connectivity index (χ1v) is 8.43. The topological polar surface area (TPSA) is 99.0 Å². The number of amides is 1. The van der Waals surface area contributed by atoms with E-state index in [9.17, 15) is 9.59 Å². The van der Waals surface area contributed by atoms with Crippen LogP contribution < -0.4 is 10.1 Å². The molecule has 0 spiro atoms. The zero-order valence-electron chi connectivity index (χ0n) is 14.8. The van der Waals surface area contributed by atoms with Crippen molar-refractivity contribution in [2.45, 2.75) is 19.3 Å². The van der Waals surface area contributed by atoms with Gasteiger partial charge in [-0.15, -0.1) is 0 Å². The molecule has 1 amide bonds. The summed E-state index contributed by atoms with van der Waals surface area (Å²) in [6.07, 6.45) is 3.25. The normalized spacial score (nSPS) is 15.8. The van der Waals surface area contributed by atoms with Gasteiger partial charge in [-0.1, -0.05) is 12.1 Å². The Hall–Kier alpha value is -3.55. The number of hydrogen-bond acceptors (Lipinski definition) is 6. The Labute approximate surface area is 155 Å². The molecular weight excluding hydrogens is 346 g/mol. The van der Waals surface area contributed by atoms with E-state index in [1.807, 2.05) is 6.92 Å². The third-order valence-corrected chi connectivity index (χ3v) is 4.51. The van der Waals surface area contributed by atoms with Crippen molar-refractivity contribution in [2.75, 3.05) is 12.4 Å². The second-order valence-electron chi connectivity index (χ2n) is 6.21. The largest absolute Gasteiger partial charge is 0.497 e. The average Bonchev–Trinajstić information content (AvgIpc) is 3.04. The first-order valence-electron chi connectivity index (χ1n) is 8.43. The quantitative estimate of drug-likeness (QED) is 0.714. The summed E-state index contributed by atoms with van der Waals surface area (Å²) in [5.74, 6) is 0.333. The molecule has 27 heavy (non-hydrogen) atoms. The van der Waals surface area contributed by atoms with E-state index in [1.165, 1.54) is 4.68 Å². The van der Waals surface area contributed by atoms with Gasteiger partial charge in [-0.3, -0.25) is 9.59 Å². The number of ketones is 1. The van der Waals surface area contributed by atoms with Gasteiger partial charge in [-0.2, -0.15) is 9.78 Å². The zero-order chi connectivity index (χ0) is 19.0. The van der Waals surface area contributed by atoms with E-state index in [1.54, 1.807) is 49.8 Å². The number of hydrogen-bond donors (Lipinski definition) is 1. The highest BCUT2D eigenvalue weighted by atomic mass is 16.5. The predicted octanol–water partition coefficient (Wildman–Crippen LogP) is 2.29. The average molecular weight is 363 g/mol. The van der Waals surface area contributed by atoms with E-state index >= 15 is 0 Å². The number of nitrogens with one attached hydrogen (secondary N) is 1. The highest BCUT2D eigenvalue weighted by Gasteiger charge is 2.36. The van der Waals surface area contributed by atoms with E-state index in [4.69, 9.17) is 4.74 Å². The van der Waals surface area contributed by atoms with Gasteiger partial charge in [-0.05, 0) is 25.1 Å². The summed E-state index contributed by atoms with van der Waals surface area (Å²) >= 11 is 0. The van der Waals surface area contributed by atoms with Crippen molar-refractivity contribution in [1.29, 1.82) is 0 Å². The lowest BCUT2D eigenvalue weighted by atomic mass is 9.85. The molecule has 0 aliphatic carbocycles. The van der Waals surface area contributed by atoms with Crippen molar-refractivity contribution < 1.29 is 14.3 Å². The molecule has 8 nitrogen and oxygen atoms in total. The van der Waals surface area contributed by atoms with Crippen LogP contribution in [0.1, 0.15) is 34.0 Å². The molecule has 3 aromatic rings. The van der Waals surface area contributed by atoms with Gasteiger partial charge in [0, 0.05) is 29.9 Å². The Balaban J connectivity index is 1.80. The number of ether oxygens (including phenoxy) is 1. The third-order valence-electron chi connectivity index (χ3n) is 4.51. The predicted molar refractivity (Wildman–Crippen MR) is 97.2 cm³/mol. The number of aromatic nitrogens is 4. The molecule has 1 aliphatic rings. The summed E-state index contributed by atoms with van der Waals surface area (Å²) in [6, 6.07) is 8.61. The number of benzene rings is 1. The second-order valence-corrected chi connectivity index (χ2v) is 6.21. The number of rotatable bonds is 4. The van der Waals surface area contributed by atoms with Crippen molar-refractivity contribution in [1.82, 2.24) is 19.7 Å². The Morgan fingerprint density at radius 1 is 1.26 bits per heavy atom. The van der Waals surface area contributed by atoms with Crippen molar-refractivity contribution in [3.8, 4) is 11.7 Å². The Kier molecular flexibility index (Phi) is 4.15. The SMILES string of the molecule is COc1cccc(C(=O)C2CC(=O)Nc3c2c(C)nn3-c2ncccn2)c1. The summed E-state index contributed by atoms with van der Waals surface area (Å²) in [7, 11) is 1.55. The van der Waals surface area contributed by atoms with Crippen molar-refractivity contribution in [2.24, 2.45) is 0 Å². The number of nitrogens with zero attached hydrogens (tertiary/aromatic N) is 4. The van der Waals surface area contributed by atoms with Crippen LogP contribution >= 0.6 is 0 Å². The Morgan fingerprint density at radius 3 is 2.78 bits per heavy atom. The van der Waals surface area contributed by atoms with Gasteiger partial charge >= 0.3 is 0 Å². The van der Waals surface area contributed by atoms with Crippen LogP contribution in [0.5, 0.6) is 5.75 Å². The van der Waals surface area contributed by atoms with Gasteiger partial charge in [0.25, 0.3) is 5.95 Å². The number of anilines is 1. The molecule has 1 aromatic carbocycles. The van der Waals surface area contributed by atoms with Gasteiger partial charge in [0.15, 0.2) is 5.78 Å². The highest BCUT2D eigenvalue weighted by Crippen LogP contribution is 2.38. The fourth-order valence-corrected chi connectivity index (χ4v) is 3.29. The lowest BCUT2D eigenvalue weighted by Crippen LogP contribution is -2.28. The molecule has 1 N–H and O–H groups in total. The molecule has 1 unspecified atom stereocenters. The maximum atomic E-state index is 13.2. The molecule has 1 atom stereocenters. The molecule has 0 radical (unpaired) electrons. The summed E-state index contributed by atoms with van der Waals surface area (Å²) in [6.45, 7) is 1.81. The number of Topliss-reactive ketones (excluding diaryl/α,β-unsaturated/α-hetero) is 1. The molecule has 4 rings (SSSR count). The lowest BCUT2D eigenvalue weighted by molar-refractivity contribution is -0.116. The number of carbonyl (C=O) groups excluding carboxylic acids is 2. The number of fused-ring (bicyclic) bond motifs is 1. The first kappa shape index (κ1) is 16.9. The van der Waals surface area contributed by atoms with Crippen molar-refractivity contribution in [3.63, 3.8) is 0 Å². The Morgan fingerprint density at radius 2 is 2.04 bits per heavy atom. The minimum absolute atomic E-state index is 0.0607. The maximum absolute atomic E-state index is 13.2. The van der Waals surface area contributed by atoms with Crippen LogP contribution in [0.25, 0.3) is 5.95 Å². The van der Waals surface area contributed by atoms with E-state index in [0.717, 1.165) is 0 Å². The zero-order valence-corrected chi connectivity index (χ0v) is 14.8. The second kappa shape index (κ2) is 6.64. The highest BCUT2D eigenvalue weighted by molar-refractivity contribution is 6.08. The smallest absolute Gasteiger partial charge is 0.252 e. The van der Waals surface area contributed by atoms with Gasteiger partial charge in [0.2, 0.25) is 5.91 Å². The number of carbonyl (C=O) groups is 2. The molecule has 3 heterocycles. The van der Waals surface area contributed by atoms with E-state index in [-0.39, 0.29) is 18.1 Å². The van der Waals surface area contributed by atoms with Crippen LogP contribution in [0.3, 0.4) is 0 Å². The molecule has 0 bridgehead atoms. The standard InChI is InChI=1S/C19H17N5O3/c1-11-16-14(17(26)12-5-3-6-13(9-12)27-2)10-15(25)22-18(16)24(23-11)19-20-7-4-8-21-19/h3-9,14H,10H2,1-2H3,(H,22,25). The molecule has 0 fully saturated rings. The summed E-state index contributed by atoms with van der Waals surface area (Å²) < 4.78 is 6.67. The van der Waals surface area contributed by atoms with Gasteiger partial charge < -0.3 is 10.1 Å². The minimum Gasteiger partial charge on any atom is -0.497 e. The molecule has 8 heteroatoms. The summed E-state index contributed by atoms with van der Waals surface area (Å²) in [4.78, 5) is 33.9. The number of aryl methyl sites for hydroxylation is 1. The maximum Gasteiger partial charge on any atom is 0.252 e. The van der Waals surface area contributed by atoms with Gasteiger partial charge in [-0.25, -0.2) is 9.97 Å². The monoisotopic (exact) mass is 363 g/mol. The van der Waals surface area contributed by atoms with Gasteiger partial charge in [0.1, 0.15) is 11.6 Å². The molecule has 0 saturated carbocycles. The van der Waals surface area contributed by atoms with Gasteiger partial charge in [0.05, 0.1) is 18.7 Å². The molecule has 2 aromatic heterocycles. The van der Waals surface area contributed by atoms with Crippen LogP contribution in [0.2, 0.25) is 0 Å². The fourth-order valence-electron chi connectivity index (χ4n) is 3.29. The van der Waals surface area contributed by atoms with Crippen LogP contribution in [0.15, 0.2) is 42.7 Å². The van der Waals surface area contributed by atoms with E-state index < -0.39 is 5.92 Å². The lowest BCUT2D eigenvalue weighted by Gasteiger charge is -2.23. The van der Waals surface area contributed by atoms with E-state index in [2.05, 4.69) is 20.4 Å². The molecule has 0 saturated heterocycles.